The molecule has 0 spiro atoms. The van der Waals surface area contributed by atoms with Crippen LogP contribution < -0.4 is 15.4 Å². The fourth-order valence-corrected chi connectivity index (χ4v) is 2.44. The zero-order chi connectivity index (χ0) is 16.4. The molecule has 0 bridgehead atoms. The van der Waals surface area contributed by atoms with Crippen molar-refractivity contribution in [1.82, 2.24) is 5.32 Å². The van der Waals surface area contributed by atoms with Gasteiger partial charge in [0.1, 0.15) is 5.75 Å². The monoisotopic (exact) mass is 328 g/mol. The first-order valence-electron chi connectivity index (χ1n) is 7.68. The van der Waals surface area contributed by atoms with Crippen molar-refractivity contribution >= 4 is 23.3 Å². The molecule has 124 valence electrons. The van der Waals surface area contributed by atoms with Gasteiger partial charge in [-0.1, -0.05) is 24.9 Å². The second kappa shape index (κ2) is 10.3. The smallest absolute Gasteiger partial charge is 0.319 e. The molecule has 22 heavy (non-hydrogen) atoms. The predicted octanol–water partition coefficient (Wildman–Crippen LogP) is 3.66. The van der Waals surface area contributed by atoms with Gasteiger partial charge in [0.25, 0.3) is 0 Å². The predicted molar refractivity (Wildman–Crippen MR) is 89.7 cm³/mol. The van der Waals surface area contributed by atoms with Gasteiger partial charge in [0.2, 0.25) is 0 Å². The highest BCUT2D eigenvalue weighted by molar-refractivity contribution is 6.32. The zero-order valence-electron chi connectivity index (χ0n) is 13.2. The number of benzene rings is 1. The molecule has 0 aliphatic rings. The van der Waals surface area contributed by atoms with E-state index < -0.39 is 0 Å². The first-order valence-corrected chi connectivity index (χ1v) is 8.06. The average Bonchev–Trinajstić information content (AvgIpc) is 2.48. The normalized spacial score (nSPS) is 11.8. The molecule has 0 radical (unpaired) electrons. The van der Waals surface area contributed by atoms with Gasteiger partial charge in [0, 0.05) is 18.8 Å². The average molecular weight is 329 g/mol. The molecule has 3 N–H and O–H groups in total. The van der Waals surface area contributed by atoms with Gasteiger partial charge in [-0.3, -0.25) is 0 Å². The van der Waals surface area contributed by atoms with Crippen molar-refractivity contribution in [3.8, 4) is 5.75 Å². The number of ether oxygens (including phenoxy) is 1. The van der Waals surface area contributed by atoms with E-state index in [9.17, 15) is 4.79 Å². The number of nitrogens with one attached hydrogen (secondary N) is 2. The summed E-state index contributed by atoms with van der Waals surface area (Å²) in [6.45, 7) is 5.20. The third-order valence-corrected chi connectivity index (χ3v) is 3.57. The van der Waals surface area contributed by atoms with Crippen molar-refractivity contribution in [2.45, 2.75) is 33.1 Å². The molecule has 1 aromatic carbocycles. The molecule has 0 aliphatic carbocycles. The Bertz CT molecular complexity index is 463. The van der Waals surface area contributed by atoms with Gasteiger partial charge in [0.05, 0.1) is 11.6 Å². The minimum atomic E-state index is -0.278. The molecule has 2 amide bonds. The number of hydrogen-bond acceptors (Lipinski definition) is 3. The van der Waals surface area contributed by atoms with Gasteiger partial charge in [0.15, 0.2) is 0 Å². The molecule has 0 aromatic heterocycles. The zero-order valence-corrected chi connectivity index (χ0v) is 13.9. The van der Waals surface area contributed by atoms with Gasteiger partial charge in [-0.05, 0) is 43.9 Å². The molecule has 6 heteroatoms. The molecular weight excluding hydrogens is 304 g/mol. The standard InChI is InChI=1S/C16H25ClN2O3/c1-3-5-12(8-9-20)11-18-16(21)19-13-6-7-15(22-4-2)14(17)10-13/h6-7,10,12,20H,3-5,8-9,11H2,1-2H3,(H2,18,19,21). The van der Waals surface area contributed by atoms with Crippen LogP contribution in [0.1, 0.15) is 33.1 Å². The number of rotatable bonds is 9. The fourth-order valence-electron chi connectivity index (χ4n) is 2.20. The van der Waals surface area contributed by atoms with Crippen molar-refractivity contribution in [3.63, 3.8) is 0 Å². The molecular formula is C16H25ClN2O3. The Morgan fingerprint density at radius 3 is 2.73 bits per heavy atom. The van der Waals surface area contributed by atoms with E-state index in [4.69, 9.17) is 21.4 Å². The first-order chi connectivity index (χ1) is 10.6. The third-order valence-electron chi connectivity index (χ3n) is 3.28. The second-order valence-electron chi connectivity index (χ2n) is 5.08. The summed E-state index contributed by atoms with van der Waals surface area (Å²) in [4.78, 5) is 11.9. The topological polar surface area (TPSA) is 70.6 Å². The summed E-state index contributed by atoms with van der Waals surface area (Å²) in [5.41, 5.74) is 0.611. The second-order valence-corrected chi connectivity index (χ2v) is 5.49. The van der Waals surface area contributed by atoms with Crippen LogP contribution in [0.4, 0.5) is 10.5 Å². The summed E-state index contributed by atoms with van der Waals surface area (Å²) in [5.74, 6) is 0.894. The van der Waals surface area contributed by atoms with Crippen LogP contribution in [-0.4, -0.2) is 30.9 Å². The Morgan fingerprint density at radius 2 is 2.14 bits per heavy atom. The summed E-state index contributed by atoms with van der Waals surface area (Å²) in [7, 11) is 0. The number of urea groups is 1. The van der Waals surface area contributed by atoms with Crippen molar-refractivity contribution in [3.05, 3.63) is 23.2 Å². The molecule has 1 aromatic rings. The lowest BCUT2D eigenvalue weighted by molar-refractivity contribution is 0.236. The number of carbonyl (C=O) groups is 1. The van der Waals surface area contributed by atoms with E-state index in [1.807, 2.05) is 6.92 Å². The molecule has 0 heterocycles. The molecule has 0 fully saturated rings. The molecule has 0 saturated carbocycles. The third kappa shape index (κ3) is 6.54. The Hall–Kier alpha value is -1.46. The van der Waals surface area contributed by atoms with Gasteiger partial charge >= 0.3 is 6.03 Å². The van der Waals surface area contributed by atoms with Gasteiger partial charge in [-0.25, -0.2) is 4.79 Å². The number of aliphatic hydroxyl groups is 1. The quantitative estimate of drug-likeness (QED) is 0.648. The molecule has 1 unspecified atom stereocenters. The van der Waals surface area contributed by atoms with Crippen LogP contribution in [0.5, 0.6) is 5.75 Å². The lowest BCUT2D eigenvalue weighted by atomic mass is 10.0. The number of halogens is 1. The van der Waals surface area contributed by atoms with Gasteiger partial charge in [-0.2, -0.15) is 0 Å². The van der Waals surface area contributed by atoms with Crippen LogP contribution in [0.3, 0.4) is 0 Å². The number of anilines is 1. The molecule has 1 atom stereocenters. The SMILES string of the molecule is CCCC(CCO)CNC(=O)Nc1ccc(OCC)c(Cl)c1. The van der Waals surface area contributed by atoms with Crippen molar-refractivity contribution < 1.29 is 14.6 Å². The number of carbonyl (C=O) groups excluding carboxylic acids is 1. The van der Waals surface area contributed by atoms with E-state index in [-0.39, 0.29) is 12.6 Å². The molecule has 1 rings (SSSR count). The van der Waals surface area contributed by atoms with E-state index in [2.05, 4.69) is 17.6 Å². The lowest BCUT2D eigenvalue weighted by Gasteiger charge is -2.16. The minimum Gasteiger partial charge on any atom is -0.492 e. The van der Waals surface area contributed by atoms with Crippen molar-refractivity contribution in [2.75, 3.05) is 25.1 Å². The minimum absolute atomic E-state index is 0.141. The Balaban J connectivity index is 2.49. The highest BCUT2D eigenvalue weighted by Gasteiger charge is 2.10. The first kappa shape index (κ1) is 18.6. The van der Waals surface area contributed by atoms with Crippen LogP contribution in [-0.2, 0) is 0 Å². The van der Waals surface area contributed by atoms with Crippen molar-refractivity contribution in [2.24, 2.45) is 5.92 Å². The summed E-state index contributed by atoms with van der Waals surface area (Å²) in [6.07, 6.45) is 2.71. The highest BCUT2D eigenvalue weighted by Crippen LogP contribution is 2.27. The maximum absolute atomic E-state index is 11.9. The summed E-state index contributed by atoms with van der Waals surface area (Å²) in [5, 5.41) is 15.0. The molecule has 0 saturated heterocycles. The van der Waals surface area contributed by atoms with Gasteiger partial charge in [-0.15, -0.1) is 0 Å². The lowest BCUT2D eigenvalue weighted by Crippen LogP contribution is -2.33. The summed E-state index contributed by atoms with van der Waals surface area (Å²) < 4.78 is 5.35. The van der Waals surface area contributed by atoms with Gasteiger partial charge < -0.3 is 20.5 Å². The maximum Gasteiger partial charge on any atom is 0.319 e. The summed E-state index contributed by atoms with van der Waals surface area (Å²) in [6, 6.07) is 4.85. The maximum atomic E-state index is 11.9. The van der Waals surface area contributed by atoms with Crippen LogP contribution in [0.2, 0.25) is 5.02 Å². The molecule has 5 nitrogen and oxygen atoms in total. The number of hydrogen-bond donors (Lipinski definition) is 3. The van der Waals surface area contributed by atoms with Crippen LogP contribution in [0.15, 0.2) is 18.2 Å². The largest absolute Gasteiger partial charge is 0.492 e. The summed E-state index contributed by atoms with van der Waals surface area (Å²) >= 11 is 6.08. The number of amides is 2. The van der Waals surface area contributed by atoms with E-state index >= 15 is 0 Å². The highest BCUT2D eigenvalue weighted by atomic mass is 35.5. The Kier molecular flexibility index (Phi) is 8.70. The number of aliphatic hydroxyl groups excluding tert-OH is 1. The molecule has 0 aliphatic heterocycles. The van der Waals surface area contributed by atoms with E-state index in [0.717, 1.165) is 12.8 Å². The van der Waals surface area contributed by atoms with E-state index in [1.54, 1.807) is 18.2 Å². The Labute approximate surface area is 137 Å². The fraction of sp³-hybridized carbons (Fsp3) is 0.562. The van der Waals surface area contributed by atoms with Crippen LogP contribution in [0, 0.1) is 5.92 Å². The van der Waals surface area contributed by atoms with Crippen LogP contribution in [0.25, 0.3) is 0 Å². The van der Waals surface area contributed by atoms with Crippen molar-refractivity contribution in [1.29, 1.82) is 0 Å². The van der Waals surface area contributed by atoms with E-state index in [1.165, 1.54) is 0 Å². The van der Waals surface area contributed by atoms with E-state index in [0.29, 0.717) is 41.9 Å². The Morgan fingerprint density at radius 1 is 1.36 bits per heavy atom. The van der Waals surface area contributed by atoms with Crippen LogP contribution >= 0.6 is 11.6 Å².